The van der Waals surface area contributed by atoms with Crippen LogP contribution < -0.4 is 0 Å². The maximum Gasteiger partial charge on any atom is 0.285 e. The minimum atomic E-state index is -0.887. The second kappa shape index (κ2) is 6.10. The maximum atomic E-state index is 5.30. The molecule has 5 heteroatoms. The Labute approximate surface area is 85.4 Å². The van der Waals surface area contributed by atoms with Crippen molar-refractivity contribution in [3.05, 3.63) is 0 Å². The molecule has 0 saturated carbocycles. The van der Waals surface area contributed by atoms with Crippen molar-refractivity contribution in [1.82, 2.24) is 0 Å². The van der Waals surface area contributed by atoms with Gasteiger partial charge in [0.15, 0.2) is 10.5 Å². The largest absolute Gasteiger partial charge is 0.379 e. The summed E-state index contributed by atoms with van der Waals surface area (Å²) in [5.41, 5.74) is 0. The quantitative estimate of drug-likeness (QED) is 0.400. The van der Waals surface area contributed by atoms with Crippen LogP contribution in [0.15, 0.2) is 0 Å². The predicted molar refractivity (Wildman–Crippen MR) is 55.4 cm³/mol. The molecule has 0 rings (SSSR count). The first kappa shape index (κ1) is 12.6. The molecule has 74 valence electrons. The molecule has 0 aromatic rings. The molecule has 0 fully saturated rings. The first-order valence-electron chi connectivity index (χ1n) is 3.96. The molecule has 12 heavy (non-hydrogen) atoms. The minimum Gasteiger partial charge on any atom is -0.379 e. The fourth-order valence-corrected chi connectivity index (χ4v) is 3.05. The Kier molecular flexibility index (Phi) is 6.39. The summed E-state index contributed by atoms with van der Waals surface area (Å²) in [6.07, 6.45) is 2.03. The van der Waals surface area contributed by atoms with E-state index in [2.05, 4.69) is 22.9 Å². The summed E-state index contributed by atoms with van der Waals surface area (Å²) >= 11 is 3.49. The Morgan fingerprint density at radius 2 is 1.92 bits per heavy atom. The molecule has 3 nitrogen and oxygen atoms in total. The van der Waals surface area contributed by atoms with Crippen LogP contribution in [0.3, 0.4) is 0 Å². The molecule has 0 N–H and O–H groups in total. The second-order valence-electron chi connectivity index (χ2n) is 2.47. The molecule has 0 amide bonds. The van der Waals surface area contributed by atoms with E-state index in [0.29, 0.717) is 10.5 Å². The van der Waals surface area contributed by atoms with Crippen molar-refractivity contribution < 1.29 is 13.9 Å². The first-order valence-corrected chi connectivity index (χ1v) is 5.69. The first-order chi connectivity index (χ1) is 5.66. The Balaban J connectivity index is 4.24. The fourth-order valence-electron chi connectivity index (χ4n) is 1.06. The summed E-state index contributed by atoms with van der Waals surface area (Å²) < 4.78 is 15.7. The molecule has 1 atom stereocenters. The van der Waals surface area contributed by atoms with Gasteiger partial charge >= 0.3 is 0 Å². The summed E-state index contributed by atoms with van der Waals surface area (Å²) in [6, 6.07) is 0. The normalized spacial score (nSPS) is 15.0. The van der Waals surface area contributed by atoms with E-state index < -0.39 is 5.97 Å². The van der Waals surface area contributed by atoms with Crippen LogP contribution in [0.25, 0.3) is 0 Å². The third-order valence-corrected chi connectivity index (χ3v) is 3.37. The van der Waals surface area contributed by atoms with Gasteiger partial charge in [-0.3, -0.25) is 0 Å². The highest BCUT2D eigenvalue weighted by Crippen LogP contribution is 2.27. The Morgan fingerprint density at radius 1 is 1.42 bits per heavy atom. The van der Waals surface area contributed by atoms with Gasteiger partial charge in [-0.2, -0.15) is 0 Å². The van der Waals surface area contributed by atoms with Crippen LogP contribution in [0, 0.1) is 0 Å². The number of methoxy groups -OCH3 is 2. The van der Waals surface area contributed by atoms with E-state index in [1.165, 1.54) is 0 Å². The van der Waals surface area contributed by atoms with Crippen LogP contribution in [0.1, 0.15) is 19.8 Å². The van der Waals surface area contributed by atoms with E-state index in [-0.39, 0.29) is 4.83 Å². The fraction of sp³-hybridized carbons (Fsp3) is 1.00. The van der Waals surface area contributed by atoms with Gasteiger partial charge < -0.3 is 13.9 Å². The van der Waals surface area contributed by atoms with E-state index >= 15 is 0 Å². The Morgan fingerprint density at radius 3 is 2.17 bits per heavy atom. The van der Waals surface area contributed by atoms with Crippen LogP contribution in [-0.4, -0.2) is 35.5 Å². The molecular formula is C7H17BrO3Si. The maximum absolute atomic E-state index is 5.30. The van der Waals surface area contributed by atoms with Crippen LogP contribution in [0.2, 0.25) is 0 Å². The van der Waals surface area contributed by atoms with Gasteiger partial charge in [0.25, 0.3) is 5.97 Å². The molecular weight excluding hydrogens is 240 g/mol. The number of hydrogen-bond acceptors (Lipinski definition) is 3. The number of rotatable bonds is 6. The highest BCUT2D eigenvalue weighted by Gasteiger charge is 2.37. The molecule has 0 bridgehead atoms. The number of ether oxygens (including phenoxy) is 2. The number of halogens is 1. The van der Waals surface area contributed by atoms with Crippen molar-refractivity contribution in [3.63, 3.8) is 0 Å². The topological polar surface area (TPSA) is 27.7 Å². The van der Waals surface area contributed by atoms with Gasteiger partial charge in [0.2, 0.25) is 0 Å². The molecule has 0 aliphatic heterocycles. The molecule has 0 aliphatic rings. The predicted octanol–water partition coefficient (Wildman–Crippen LogP) is 0.794. The third-order valence-electron chi connectivity index (χ3n) is 1.78. The van der Waals surface area contributed by atoms with Gasteiger partial charge in [-0.15, -0.1) is 0 Å². The van der Waals surface area contributed by atoms with Crippen molar-refractivity contribution in [3.8, 4) is 0 Å². The smallest absolute Gasteiger partial charge is 0.285 e. The molecule has 1 unspecified atom stereocenters. The second-order valence-corrected chi connectivity index (χ2v) is 3.99. The lowest BCUT2D eigenvalue weighted by molar-refractivity contribution is -0.319. The standard InChI is InChI=1S/C7H17BrO3Si/c1-4-5-6(8)7(9-2,10-3)11-12/h6H,4-5H2,1-3,12H3. The highest BCUT2D eigenvalue weighted by molar-refractivity contribution is 9.09. The van der Waals surface area contributed by atoms with Crippen molar-refractivity contribution in [1.29, 1.82) is 0 Å². The molecule has 0 saturated heterocycles. The summed E-state index contributed by atoms with van der Waals surface area (Å²) in [5, 5.41) is 0. The Bertz CT molecular complexity index is 111. The van der Waals surface area contributed by atoms with Crippen molar-refractivity contribution in [2.24, 2.45) is 0 Å². The number of hydrogen-bond donors (Lipinski definition) is 0. The van der Waals surface area contributed by atoms with Crippen molar-refractivity contribution >= 4 is 26.4 Å². The molecule has 0 heterocycles. The molecule has 0 aromatic carbocycles. The third kappa shape index (κ3) is 2.81. The van der Waals surface area contributed by atoms with E-state index in [1.807, 2.05) is 0 Å². The zero-order chi connectivity index (χ0) is 9.61. The lowest BCUT2D eigenvalue weighted by Gasteiger charge is -2.33. The zero-order valence-electron chi connectivity index (χ0n) is 8.09. The van der Waals surface area contributed by atoms with Crippen LogP contribution >= 0.6 is 15.9 Å². The SMILES string of the molecule is CCCC(Br)C(OC)(OC)O[SiH3]. The number of alkyl halides is 1. The van der Waals surface area contributed by atoms with Crippen LogP contribution in [0.5, 0.6) is 0 Å². The lowest BCUT2D eigenvalue weighted by Crippen LogP contribution is -2.45. The molecule has 0 radical (unpaired) electrons. The summed E-state index contributed by atoms with van der Waals surface area (Å²) in [6.45, 7) is 2.11. The van der Waals surface area contributed by atoms with Gasteiger partial charge in [-0.05, 0) is 6.42 Å². The molecule has 0 aromatic heterocycles. The zero-order valence-corrected chi connectivity index (χ0v) is 11.7. The van der Waals surface area contributed by atoms with E-state index in [4.69, 9.17) is 13.9 Å². The monoisotopic (exact) mass is 256 g/mol. The van der Waals surface area contributed by atoms with Gasteiger partial charge in [-0.25, -0.2) is 0 Å². The van der Waals surface area contributed by atoms with Gasteiger partial charge in [0, 0.05) is 14.2 Å². The lowest BCUT2D eigenvalue weighted by atomic mass is 10.2. The molecule has 0 spiro atoms. The van der Waals surface area contributed by atoms with Gasteiger partial charge in [0.1, 0.15) is 0 Å². The summed E-state index contributed by atoms with van der Waals surface area (Å²) in [4.78, 5) is 0.0856. The summed E-state index contributed by atoms with van der Waals surface area (Å²) in [7, 11) is 3.77. The van der Waals surface area contributed by atoms with Crippen LogP contribution in [-0.2, 0) is 13.9 Å². The van der Waals surface area contributed by atoms with Crippen LogP contribution in [0.4, 0.5) is 0 Å². The highest BCUT2D eigenvalue weighted by atomic mass is 79.9. The van der Waals surface area contributed by atoms with E-state index in [0.717, 1.165) is 12.8 Å². The molecule has 0 aliphatic carbocycles. The Hall–Kier alpha value is 0.577. The minimum absolute atomic E-state index is 0.0856. The van der Waals surface area contributed by atoms with E-state index in [9.17, 15) is 0 Å². The van der Waals surface area contributed by atoms with E-state index in [1.54, 1.807) is 14.2 Å². The van der Waals surface area contributed by atoms with Crippen molar-refractivity contribution in [2.45, 2.75) is 30.6 Å². The average Bonchev–Trinajstić information content (AvgIpc) is 2.09. The van der Waals surface area contributed by atoms with Gasteiger partial charge in [0.05, 0.1) is 4.83 Å². The summed E-state index contributed by atoms with van der Waals surface area (Å²) in [5.74, 6) is -0.887. The van der Waals surface area contributed by atoms with Crippen molar-refractivity contribution in [2.75, 3.05) is 14.2 Å². The average molecular weight is 257 g/mol. The van der Waals surface area contributed by atoms with Gasteiger partial charge in [-0.1, -0.05) is 29.3 Å².